The van der Waals surface area contributed by atoms with E-state index in [1.165, 1.54) is 4.31 Å². The molecule has 1 aromatic carbocycles. The minimum atomic E-state index is -3.88. The van der Waals surface area contributed by atoms with E-state index in [0.717, 1.165) is 5.56 Å². The summed E-state index contributed by atoms with van der Waals surface area (Å²) < 4.78 is 32.9. The lowest BCUT2D eigenvalue weighted by molar-refractivity contribution is 0.305. The van der Waals surface area contributed by atoms with Crippen molar-refractivity contribution < 1.29 is 17.3 Å². The molecule has 112 valence electrons. The summed E-state index contributed by atoms with van der Waals surface area (Å²) in [6.45, 7) is -0.180. The van der Waals surface area contributed by atoms with Crippen LogP contribution in [0.1, 0.15) is 11.6 Å². The van der Waals surface area contributed by atoms with Gasteiger partial charge in [-0.05, 0) is 17.7 Å². The van der Waals surface area contributed by atoms with Crippen molar-refractivity contribution in [3.63, 3.8) is 0 Å². The maximum absolute atomic E-state index is 11.8. The molecule has 0 N–H and O–H groups in total. The zero-order chi connectivity index (χ0) is 15.0. The fourth-order valence-electron chi connectivity index (χ4n) is 1.68. The predicted octanol–water partition coefficient (Wildman–Crippen LogP) is 2.68. The van der Waals surface area contributed by atoms with Crippen molar-refractivity contribution >= 4 is 45.1 Å². The number of hydrogen-bond donors (Lipinski definition) is 0. The molecule has 5 nitrogen and oxygen atoms in total. The predicted molar refractivity (Wildman–Crippen MR) is 77.6 cm³/mol. The Bertz CT molecular complexity index is 570. The summed E-state index contributed by atoms with van der Waals surface area (Å²) in [5, 5.41) is 0. The van der Waals surface area contributed by atoms with Crippen molar-refractivity contribution in [2.24, 2.45) is 0 Å². The quantitative estimate of drug-likeness (QED) is 0.598. The zero-order valence-corrected chi connectivity index (χ0v) is 13.5. The Morgan fingerprint density at radius 2 is 1.90 bits per heavy atom. The van der Waals surface area contributed by atoms with Gasteiger partial charge in [0.05, 0.1) is 13.2 Å². The van der Waals surface area contributed by atoms with E-state index in [9.17, 15) is 8.42 Å². The third-order valence-corrected chi connectivity index (χ3v) is 4.45. The van der Waals surface area contributed by atoms with Gasteiger partial charge in [0.15, 0.2) is 0 Å². The number of ether oxygens (including phenoxy) is 1. The molecule has 0 radical (unpaired) electrons. The topological polar surface area (TPSA) is 55.6 Å². The molecule has 1 aliphatic rings. The summed E-state index contributed by atoms with van der Waals surface area (Å²) in [5.41, 5.74) is 0.854. The molecule has 9 heteroatoms. The largest absolute Gasteiger partial charge is 0.497 e. The molecule has 1 fully saturated rings. The Hall–Kier alpha value is -0.240. The van der Waals surface area contributed by atoms with Gasteiger partial charge < -0.3 is 4.74 Å². The average molecular weight is 361 g/mol. The van der Waals surface area contributed by atoms with Gasteiger partial charge in [0, 0.05) is 6.54 Å². The number of rotatable bonds is 5. The van der Waals surface area contributed by atoms with Crippen LogP contribution in [0.25, 0.3) is 0 Å². The van der Waals surface area contributed by atoms with Gasteiger partial charge in [-0.2, -0.15) is 12.7 Å². The highest BCUT2D eigenvalue weighted by molar-refractivity contribution is 7.84. The first-order valence-electron chi connectivity index (χ1n) is 5.60. The second-order valence-electron chi connectivity index (χ2n) is 4.19. The Labute approximate surface area is 132 Å². The monoisotopic (exact) mass is 359 g/mol. The normalized spacial score (nSPS) is 22.6. The minimum absolute atomic E-state index is 0.249. The first kappa shape index (κ1) is 16.1. The molecular formula is C11H12Cl3NO4S. The Morgan fingerprint density at radius 1 is 1.30 bits per heavy atom. The summed E-state index contributed by atoms with van der Waals surface area (Å²) >= 11 is 16.4. The van der Waals surface area contributed by atoms with E-state index < -0.39 is 20.7 Å². The number of benzene rings is 1. The molecule has 1 saturated heterocycles. The van der Waals surface area contributed by atoms with E-state index in [0.29, 0.717) is 12.3 Å². The standard InChI is InChI=1S/C11H12Cl3NO4S/c1-18-9-4-2-8(3-5-9)10-6-15(10)20(16,17)19-7-11(12,13)14/h2-5,10H,6-7H2,1H3. The Morgan fingerprint density at radius 3 is 2.40 bits per heavy atom. The van der Waals surface area contributed by atoms with Crippen molar-refractivity contribution in [2.75, 3.05) is 20.3 Å². The van der Waals surface area contributed by atoms with Crippen molar-refractivity contribution in [1.29, 1.82) is 0 Å². The van der Waals surface area contributed by atoms with Gasteiger partial charge in [0.2, 0.25) is 3.79 Å². The molecule has 2 rings (SSSR count). The van der Waals surface area contributed by atoms with Crippen LogP contribution < -0.4 is 4.74 Å². The lowest BCUT2D eigenvalue weighted by Crippen LogP contribution is -2.22. The molecule has 0 saturated carbocycles. The highest BCUT2D eigenvalue weighted by atomic mass is 35.6. The fourth-order valence-corrected chi connectivity index (χ4v) is 3.25. The molecule has 20 heavy (non-hydrogen) atoms. The molecule has 1 heterocycles. The molecule has 0 aliphatic carbocycles. The van der Waals surface area contributed by atoms with Crippen LogP contribution in [-0.4, -0.2) is 36.8 Å². The third kappa shape index (κ3) is 4.13. The first-order chi connectivity index (χ1) is 9.23. The van der Waals surface area contributed by atoms with Gasteiger partial charge in [0.25, 0.3) is 0 Å². The number of halogens is 3. The molecule has 0 bridgehead atoms. The van der Waals surface area contributed by atoms with Crippen LogP contribution in [0.4, 0.5) is 0 Å². The van der Waals surface area contributed by atoms with Crippen LogP contribution >= 0.6 is 34.8 Å². The summed E-state index contributed by atoms with van der Waals surface area (Å²) in [4.78, 5) is 0. The smallest absolute Gasteiger partial charge is 0.339 e. The Balaban J connectivity index is 1.99. The van der Waals surface area contributed by atoms with Crippen LogP contribution in [0.5, 0.6) is 5.75 Å². The average Bonchev–Trinajstić information content (AvgIpc) is 3.17. The lowest BCUT2D eigenvalue weighted by atomic mass is 10.1. The molecule has 0 aromatic heterocycles. The lowest BCUT2D eigenvalue weighted by Gasteiger charge is -2.12. The molecule has 1 aliphatic heterocycles. The van der Waals surface area contributed by atoms with Gasteiger partial charge in [-0.1, -0.05) is 46.9 Å². The number of methoxy groups -OCH3 is 1. The van der Waals surface area contributed by atoms with Gasteiger partial charge in [-0.25, -0.2) is 0 Å². The van der Waals surface area contributed by atoms with Crippen LogP contribution in [0.15, 0.2) is 24.3 Å². The summed E-state index contributed by atoms with van der Waals surface area (Å²) in [6, 6.07) is 6.88. The van der Waals surface area contributed by atoms with Crippen LogP contribution in [-0.2, 0) is 14.5 Å². The molecule has 2 unspecified atom stereocenters. The minimum Gasteiger partial charge on any atom is -0.497 e. The molecule has 0 amide bonds. The second-order valence-corrected chi connectivity index (χ2v) is 8.27. The summed E-state index contributed by atoms with van der Waals surface area (Å²) in [6.07, 6.45) is 0. The van der Waals surface area contributed by atoms with Gasteiger partial charge >= 0.3 is 10.3 Å². The van der Waals surface area contributed by atoms with Crippen LogP contribution in [0.2, 0.25) is 0 Å². The van der Waals surface area contributed by atoms with Gasteiger partial charge in [-0.15, -0.1) is 0 Å². The van der Waals surface area contributed by atoms with Crippen LogP contribution in [0.3, 0.4) is 0 Å². The van der Waals surface area contributed by atoms with Crippen LogP contribution in [0, 0.1) is 0 Å². The molecular weight excluding hydrogens is 349 g/mol. The summed E-state index contributed by atoms with van der Waals surface area (Å²) in [5.74, 6) is 0.705. The third-order valence-electron chi connectivity index (χ3n) is 2.73. The highest BCUT2D eigenvalue weighted by Gasteiger charge is 2.46. The van der Waals surface area contributed by atoms with E-state index in [-0.39, 0.29) is 6.04 Å². The van der Waals surface area contributed by atoms with E-state index in [1.807, 2.05) is 0 Å². The van der Waals surface area contributed by atoms with E-state index in [4.69, 9.17) is 43.7 Å². The number of hydrogen-bond acceptors (Lipinski definition) is 4. The molecule has 2 atom stereocenters. The van der Waals surface area contributed by atoms with E-state index in [2.05, 4.69) is 0 Å². The van der Waals surface area contributed by atoms with Crippen molar-refractivity contribution in [1.82, 2.24) is 4.31 Å². The SMILES string of the molecule is COc1ccc(C2CN2S(=O)(=O)OCC(Cl)(Cl)Cl)cc1. The van der Waals surface area contributed by atoms with E-state index in [1.54, 1.807) is 31.4 Å². The maximum atomic E-state index is 11.8. The number of alkyl halides is 3. The Kier molecular flexibility index (Phi) is 4.73. The van der Waals surface area contributed by atoms with Crippen molar-refractivity contribution in [2.45, 2.75) is 9.83 Å². The van der Waals surface area contributed by atoms with Gasteiger partial charge in [-0.3, -0.25) is 4.18 Å². The molecule has 1 aromatic rings. The number of nitrogens with zero attached hydrogens (tertiary/aromatic N) is 1. The van der Waals surface area contributed by atoms with Crippen molar-refractivity contribution in [3.05, 3.63) is 29.8 Å². The molecule has 0 spiro atoms. The zero-order valence-electron chi connectivity index (χ0n) is 10.4. The second kappa shape index (κ2) is 5.87. The summed E-state index contributed by atoms with van der Waals surface area (Å²) in [7, 11) is -2.32. The maximum Gasteiger partial charge on any atom is 0.339 e. The highest BCUT2D eigenvalue weighted by Crippen LogP contribution is 2.39. The van der Waals surface area contributed by atoms with Gasteiger partial charge in [0.1, 0.15) is 12.4 Å². The van der Waals surface area contributed by atoms with E-state index >= 15 is 0 Å². The first-order valence-corrected chi connectivity index (χ1v) is 8.10. The fraction of sp³-hybridized carbons (Fsp3) is 0.455. The van der Waals surface area contributed by atoms with Crippen molar-refractivity contribution in [3.8, 4) is 5.75 Å².